The van der Waals surface area contributed by atoms with Crippen LogP contribution in [-0.2, 0) is 14.3 Å². The van der Waals surface area contributed by atoms with Gasteiger partial charge < -0.3 is 4.74 Å². The maximum absolute atomic E-state index is 11.8. The average Bonchev–Trinajstić information content (AvgIpc) is 2.29. The lowest BCUT2D eigenvalue weighted by Gasteiger charge is -2.02. The van der Waals surface area contributed by atoms with Gasteiger partial charge in [-0.1, -0.05) is 18.2 Å². The molecule has 0 aliphatic rings. The summed E-state index contributed by atoms with van der Waals surface area (Å²) in [5.74, 6) is -1.32. The quantitative estimate of drug-likeness (QED) is 0.354. The maximum atomic E-state index is 11.8. The Bertz CT molecular complexity index is 454. The van der Waals surface area contributed by atoms with Crippen molar-refractivity contribution in [3.05, 3.63) is 33.4 Å². The van der Waals surface area contributed by atoms with Crippen LogP contribution in [-0.4, -0.2) is 24.6 Å². The van der Waals surface area contributed by atoms with E-state index >= 15 is 0 Å². The summed E-state index contributed by atoms with van der Waals surface area (Å²) in [5.41, 5.74) is 0.506. The topological polar surface area (TPSA) is 60.4 Å². The third-order valence-electron chi connectivity index (χ3n) is 2.10. The van der Waals surface area contributed by atoms with Crippen molar-refractivity contribution >= 4 is 40.1 Å². The number of hydrogen-bond donors (Lipinski definition) is 0. The molecule has 0 saturated heterocycles. The van der Waals surface area contributed by atoms with Crippen molar-refractivity contribution < 1.29 is 19.1 Å². The molecule has 17 heavy (non-hydrogen) atoms. The van der Waals surface area contributed by atoms with Crippen molar-refractivity contribution in [3.63, 3.8) is 0 Å². The molecule has 0 radical (unpaired) electrons. The van der Waals surface area contributed by atoms with Crippen molar-refractivity contribution in [1.82, 2.24) is 0 Å². The predicted octanol–water partition coefficient (Wildman–Crippen LogP) is 2.00. The van der Waals surface area contributed by atoms with Crippen molar-refractivity contribution in [2.45, 2.75) is 12.8 Å². The average molecular weight is 346 g/mol. The largest absolute Gasteiger partial charge is 0.469 e. The van der Waals surface area contributed by atoms with Crippen LogP contribution in [0.25, 0.3) is 0 Å². The highest BCUT2D eigenvalue weighted by Crippen LogP contribution is 2.14. The van der Waals surface area contributed by atoms with E-state index in [4.69, 9.17) is 0 Å². The van der Waals surface area contributed by atoms with Gasteiger partial charge in [0.1, 0.15) is 6.42 Å². The van der Waals surface area contributed by atoms with Gasteiger partial charge in [0.05, 0.1) is 13.5 Å². The zero-order valence-corrected chi connectivity index (χ0v) is 11.4. The van der Waals surface area contributed by atoms with Crippen molar-refractivity contribution in [1.29, 1.82) is 0 Å². The number of Topliss-reactive ketones (excluding diaryl/α,β-unsaturated/α-hetero) is 2. The van der Waals surface area contributed by atoms with Gasteiger partial charge in [0.2, 0.25) is 0 Å². The Morgan fingerprint density at radius 3 is 2.41 bits per heavy atom. The molecule has 0 unspecified atom stereocenters. The lowest BCUT2D eigenvalue weighted by molar-refractivity contribution is -0.143. The summed E-state index contributed by atoms with van der Waals surface area (Å²) < 4.78 is 5.15. The second-order valence-corrected chi connectivity index (χ2v) is 4.53. The number of carbonyl (C=O) groups is 3. The summed E-state index contributed by atoms with van der Waals surface area (Å²) >= 11 is 2.03. The fourth-order valence-electron chi connectivity index (χ4n) is 1.26. The fourth-order valence-corrected chi connectivity index (χ4v) is 1.95. The number of benzene rings is 1. The molecule has 1 rings (SSSR count). The molecule has 0 saturated carbocycles. The van der Waals surface area contributed by atoms with Gasteiger partial charge in [-0.25, -0.2) is 0 Å². The molecule has 90 valence electrons. The summed E-state index contributed by atoms with van der Waals surface area (Å²) in [6.07, 6.45) is -0.624. The zero-order chi connectivity index (χ0) is 12.8. The van der Waals surface area contributed by atoms with Gasteiger partial charge in [-0.3, -0.25) is 14.4 Å². The maximum Gasteiger partial charge on any atom is 0.313 e. The standard InChI is InChI=1S/C12H11IO4/c1-17-12(16)7-8(14)6-11(15)9-4-2-3-5-10(9)13/h2-5H,6-7H2,1H3. The fraction of sp³-hybridized carbons (Fsp3) is 0.250. The molecule has 0 fully saturated rings. The number of ether oxygens (including phenoxy) is 1. The normalized spacial score (nSPS) is 9.76. The minimum Gasteiger partial charge on any atom is -0.469 e. The van der Waals surface area contributed by atoms with Crippen LogP contribution in [0.5, 0.6) is 0 Å². The smallest absolute Gasteiger partial charge is 0.313 e. The molecule has 0 heterocycles. The van der Waals surface area contributed by atoms with Crippen LogP contribution in [0, 0.1) is 3.57 Å². The van der Waals surface area contributed by atoms with Gasteiger partial charge in [-0.2, -0.15) is 0 Å². The summed E-state index contributed by atoms with van der Waals surface area (Å²) in [5, 5.41) is 0. The third-order valence-corrected chi connectivity index (χ3v) is 3.04. The Morgan fingerprint density at radius 2 is 1.82 bits per heavy atom. The zero-order valence-electron chi connectivity index (χ0n) is 9.23. The molecule has 0 aliphatic heterocycles. The molecule has 4 nitrogen and oxygen atoms in total. The first kappa shape index (κ1) is 13.8. The van der Waals surface area contributed by atoms with Crippen LogP contribution in [0.2, 0.25) is 0 Å². The second kappa shape index (κ2) is 6.48. The molecule has 0 spiro atoms. The first-order valence-electron chi connectivity index (χ1n) is 4.91. The SMILES string of the molecule is COC(=O)CC(=O)CC(=O)c1ccccc1I. The summed E-state index contributed by atoms with van der Waals surface area (Å²) in [6.45, 7) is 0. The Labute approximate surface area is 112 Å². The molecular formula is C12H11IO4. The molecule has 0 bridgehead atoms. The summed E-state index contributed by atoms with van der Waals surface area (Å²) in [7, 11) is 1.21. The van der Waals surface area contributed by atoms with Crippen molar-refractivity contribution in [2.75, 3.05) is 7.11 Å². The first-order chi connectivity index (χ1) is 8.04. The minimum atomic E-state index is -0.620. The van der Waals surface area contributed by atoms with Crippen LogP contribution in [0.1, 0.15) is 23.2 Å². The molecule has 5 heteroatoms. The van der Waals surface area contributed by atoms with E-state index in [1.807, 2.05) is 28.7 Å². The molecule has 1 aromatic carbocycles. The van der Waals surface area contributed by atoms with E-state index in [0.717, 1.165) is 3.57 Å². The lowest BCUT2D eigenvalue weighted by Crippen LogP contribution is -2.14. The number of halogens is 1. The van der Waals surface area contributed by atoms with E-state index in [-0.39, 0.29) is 18.6 Å². The van der Waals surface area contributed by atoms with Crippen LogP contribution in [0.4, 0.5) is 0 Å². The summed E-state index contributed by atoms with van der Waals surface area (Å²) in [6, 6.07) is 7.00. The van der Waals surface area contributed by atoms with Gasteiger partial charge in [-0.05, 0) is 28.7 Å². The number of hydrogen-bond acceptors (Lipinski definition) is 4. The van der Waals surface area contributed by atoms with Gasteiger partial charge in [-0.15, -0.1) is 0 Å². The van der Waals surface area contributed by atoms with Crippen LogP contribution >= 0.6 is 22.6 Å². The van der Waals surface area contributed by atoms with Crippen LogP contribution in [0.15, 0.2) is 24.3 Å². The van der Waals surface area contributed by atoms with E-state index in [1.54, 1.807) is 18.2 Å². The van der Waals surface area contributed by atoms with E-state index in [9.17, 15) is 14.4 Å². The molecule has 0 amide bonds. The van der Waals surface area contributed by atoms with Crippen LogP contribution in [0.3, 0.4) is 0 Å². The lowest BCUT2D eigenvalue weighted by atomic mass is 10.0. The first-order valence-corrected chi connectivity index (χ1v) is 5.98. The van der Waals surface area contributed by atoms with Gasteiger partial charge in [0, 0.05) is 9.13 Å². The molecule has 0 atom stereocenters. The Morgan fingerprint density at radius 1 is 1.18 bits per heavy atom. The number of rotatable bonds is 5. The number of carbonyl (C=O) groups excluding carboxylic acids is 3. The van der Waals surface area contributed by atoms with E-state index < -0.39 is 11.8 Å². The molecule has 0 aliphatic carbocycles. The van der Waals surface area contributed by atoms with Crippen LogP contribution < -0.4 is 0 Å². The Kier molecular flexibility index (Phi) is 5.27. The predicted molar refractivity (Wildman–Crippen MR) is 69.7 cm³/mol. The highest BCUT2D eigenvalue weighted by Gasteiger charge is 2.16. The minimum absolute atomic E-state index is 0.269. The monoisotopic (exact) mass is 346 g/mol. The van der Waals surface area contributed by atoms with Gasteiger partial charge in [0.15, 0.2) is 11.6 Å². The molecule has 0 N–H and O–H groups in total. The third kappa shape index (κ3) is 4.26. The molecule has 1 aromatic rings. The summed E-state index contributed by atoms with van der Waals surface area (Å²) in [4.78, 5) is 34.0. The number of methoxy groups -OCH3 is 1. The van der Waals surface area contributed by atoms with Gasteiger partial charge >= 0.3 is 5.97 Å². The highest BCUT2D eigenvalue weighted by atomic mass is 127. The van der Waals surface area contributed by atoms with Crippen molar-refractivity contribution in [2.24, 2.45) is 0 Å². The molecule has 0 aromatic heterocycles. The second-order valence-electron chi connectivity index (χ2n) is 3.37. The van der Waals surface area contributed by atoms with E-state index in [0.29, 0.717) is 5.56 Å². The van der Waals surface area contributed by atoms with Crippen molar-refractivity contribution in [3.8, 4) is 0 Å². The van der Waals surface area contributed by atoms with E-state index in [1.165, 1.54) is 7.11 Å². The Hall–Kier alpha value is -1.24. The van der Waals surface area contributed by atoms with E-state index in [2.05, 4.69) is 4.74 Å². The molecular weight excluding hydrogens is 335 g/mol. The number of ketones is 2. The Balaban J connectivity index is 2.64. The number of esters is 1. The highest BCUT2D eigenvalue weighted by molar-refractivity contribution is 14.1. The van der Waals surface area contributed by atoms with Gasteiger partial charge in [0.25, 0.3) is 0 Å².